The van der Waals surface area contributed by atoms with Gasteiger partial charge in [0, 0.05) is 6.54 Å². The van der Waals surface area contributed by atoms with Crippen LogP contribution in [-0.2, 0) is 10.0 Å². The summed E-state index contributed by atoms with van der Waals surface area (Å²) in [5.74, 6) is 0.0575. The highest BCUT2D eigenvalue weighted by molar-refractivity contribution is 8.15. The first-order valence-corrected chi connectivity index (χ1v) is 7.85. The van der Waals surface area contributed by atoms with E-state index in [1.54, 1.807) is 0 Å². The number of nitrogens with zero attached hydrogens (tertiary/aromatic N) is 2. The number of halogens is 1. The van der Waals surface area contributed by atoms with Gasteiger partial charge in [0.05, 0.1) is 21.4 Å². The number of thioether (sulfide) groups is 1. The zero-order valence-electron chi connectivity index (χ0n) is 8.97. The topological polar surface area (TPSA) is 49.7 Å². The van der Waals surface area contributed by atoms with E-state index in [1.165, 1.54) is 11.8 Å². The second kappa shape index (κ2) is 3.63. The Hall–Kier alpha value is -0.720. The van der Waals surface area contributed by atoms with Gasteiger partial charge in [-0.25, -0.2) is 8.42 Å². The molecule has 0 aliphatic carbocycles. The largest absolute Gasteiger partial charge is 0.318 e. The van der Waals surface area contributed by atoms with Crippen LogP contribution in [0.25, 0.3) is 0 Å². The van der Waals surface area contributed by atoms with Crippen LogP contribution in [0.4, 0.5) is 5.69 Å². The second-order valence-corrected chi connectivity index (χ2v) is 7.07. The third kappa shape index (κ3) is 1.75. The maximum atomic E-state index is 11.4. The third-order valence-corrected chi connectivity index (χ3v) is 5.75. The van der Waals surface area contributed by atoms with E-state index in [0.717, 1.165) is 16.1 Å². The number of benzene rings is 1. The van der Waals surface area contributed by atoms with Gasteiger partial charge in [-0.1, -0.05) is 17.7 Å². The van der Waals surface area contributed by atoms with Gasteiger partial charge in [0.15, 0.2) is 5.17 Å². The van der Waals surface area contributed by atoms with Crippen molar-refractivity contribution >= 4 is 44.2 Å². The first-order chi connectivity index (χ1) is 7.98. The number of aryl methyl sites for hydroxylation is 1. The zero-order valence-corrected chi connectivity index (χ0v) is 11.4. The predicted molar refractivity (Wildman–Crippen MR) is 70.6 cm³/mol. The van der Waals surface area contributed by atoms with Gasteiger partial charge in [0.25, 0.3) is 10.0 Å². The summed E-state index contributed by atoms with van der Waals surface area (Å²) in [5.41, 5.74) is 1.94. The molecule has 2 heterocycles. The predicted octanol–water partition coefficient (Wildman–Crippen LogP) is 2.26. The van der Waals surface area contributed by atoms with Crippen molar-refractivity contribution in [3.8, 4) is 0 Å². The van der Waals surface area contributed by atoms with E-state index in [1.807, 2.05) is 24.0 Å². The van der Waals surface area contributed by atoms with Crippen LogP contribution >= 0.6 is 23.4 Å². The van der Waals surface area contributed by atoms with Crippen LogP contribution in [-0.4, -0.2) is 25.9 Å². The van der Waals surface area contributed by atoms with Crippen molar-refractivity contribution in [3.05, 3.63) is 22.7 Å². The molecule has 7 heteroatoms. The Balaban J connectivity index is 2.17. The Bertz CT molecular complexity index is 640. The third-order valence-electron chi connectivity index (χ3n) is 2.77. The lowest BCUT2D eigenvalue weighted by Gasteiger charge is -2.22. The molecular weight excluding hydrogens is 280 g/mol. The average molecular weight is 289 g/mol. The lowest BCUT2D eigenvalue weighted by molar-refractivity contribution is 0.596. The molecule has 1 aromatic rings. The van der Waals surface area contributed by atoms with Crippen molar-refractivity contribution < 1.29 is 8.42 Å². The van der Waals surface area contributed by atoms with Crippen molar-refractivity contribution in [2.75, 3.05) is 17.2 Å². The molecule has 17 heavy (non-hydrogen) atoms. The van der Waals surface area contributed by atoms with E-state index in [2.05, 4.69) is 4.40 Å². The van der Waals surface area contributed by atoms with E-state index in [9.17, 15) is 8.42 Å². The molecule has 0 aromatic heterocycles. The summed E-state index contributed by atoms with van der Waals surface area (Å²) >= 11 is 7.55. The fourth-order valence-corrected chi connectivity index (χ4v) is 4.48. The number of rotatable bonds is 0. The minimum atomic E-state index is -3.30. The van der Waals surface area contributed by atoms with Crippen LogP contribution in [0.1, 0.15) is 5.56 Å². The molecule has 2 aliphatic rings. The Labute approximate surface area is 109 Å². The number of fused-ring (bicyclic) bond motifs is 3. The lowest BCUT2D eigenvalue weighted by atomic mass is 10.2. The van der Waals surface area contributed by atoms with Gasteiger partial charge in [-0.15, -0.1) is 4.40 Å². The maximum absolute atomic E-state index is 11.4. The van der Waals surface area contributed by atoms with E-state index >= 15 is 0 Å². The van der Waals surface area contributed by atoms with Gasteiger partial charge >= 0.3 is 0 Å². The normalized spacial score (nSPS) is 20.8. The average Bonchev–Trinajstić information content (AvgIpc) is 2.60. The van der Waals surface area contributed by atoms with Crippen LogP contribution < -0.4 is 4.90 Å². The summed E-state index contributed by atoms with van der Waals surface area (Å²) in [5, 5.41) is 1.20. The van der Waals surface area contributed by atoms with Gasteiger partial charge in [0.2, 0.25) is 0 Å². The highest BCUT2D eigenvalue weighted by Gasteiger charge is 2.34. The summed E-state index contributed by atoms with van der Waals surface area (Å²) in [6, 6.07) is 3.90. The standard InChI is InChI=1S/C10H9ClN2O2S2/c1-6-2-3-7-9(8(6)11)16-10-12-17(14,15)5-4-13(7)10/h2-3H,4-5H2,1H3. The summed E-state index contributed by atoms with van der Waals surface area (Å²) in [4.78, 5) is 2.81. The molecule has 0 atom stereocenters. The summed E-state index contributed by atoms with van der Waals surface area (Å²) < 4.78 is 26.7. The fraction of sp³-hybridized carbons (Fsp3) is 0.300. The molecule has 4 nitrogen and oxygen atoms in total. The minimum Gasteiger partial charge on any atom is -0.318 e. The zero-order chi connectivity index (χ0) is 12.2. The van der Waals surface area contributed by atoms with Gasteiger partial charge in [-0.05, 0) is 30.3 Å². The number of anilines is 1. The monoisotopic (exact) mass is 288 g/mol. The molecule has 0 amide bonds. The van der Waals surface area contributed by atoms with E-state index in [-0.39, 0.29) is 5.75 Å². The molecule has 0 N–H and O–H groups in total. The molecule has 0 fully saturated rings. The second-order valence-electron chi connectivity index (χ2n) is 3.96. The summed E-state index contributed by atoms with van der Waals surface area (Å²) in [6.45, 7) is 2.37. The van der Waals surface area contributed by atoms with Crippen LogP contribution in [0.5, 0.6) is 0 Å². The van der Waals surface area contributed by atoms with E-state index < -0.39 is 10.0 Å². The van der Waals surface area contributed by atoms with Crippen LogP contribution in [0, 0.1) is 6.92 Å². The van der Waals surface area contributed by atoms with E-state index in [0.29, 0.717) is 16.7 Å². The molecule has 0 saturated heterocycles. The number of amidine groups is 1. The highest BCUT2D eigenvalue weighted by Crippen LogP contribution is 2.46. The minimum absolute atomic E-state index is 0.0575. The first kappa shape index (κ1) is 11.4. The Kier molecular flexibility index (Phi) is 2.43. The SMILES string of the molecule is Cc1ccc2c(c1Cl)SC1=NS(=O)(=O)CCN12. The maximum Gasteiger partial charge on any atom is 0.257 e. The molecule has 90 valence electrons. The molecule has 3 rings (SSSR count). The first-order valence-electron chi connectivity index (χ1n) is 5.05. The van der Waals surface area contributed by atoms with Crippen molar-refractivity contribution in [2.24, 2.45) is 4.40 Å². The molecule has 2 aliphatic heterocycles. The highest BCUT2D eigenvalue weighted by atomic mass is 35.5. The number of hydrogen-bond donors (Lipinski definition) is 0. The molecule has 0 unspecified atom stereocenters. The molecule has 1 aromatic carbocycles. The Morgan fingerprint density at radius 1 is 1.47 bits per heavy atom. The molecule has 0 spiro atoms. The molecule has 0 radical (unpaired) electrons. The van der Waals surface area contributed by atoms with Gasteiger partial charge < -0.3 is 4.90 Å². The van der Waals surface area contributed by atoms with Gasteiger partial charge in [0.1, 0.15) is 0 Å². The molecule has 0 bridgehead atoms. The fourth-order valence-electron chi connectivity index (χ4n) is 1.86. The number of sulfonamides is 1. The van der Waals surface area contributed by atoms with Crippen LogP contribution in [0.3, 0.4) is 0 Å². The molecule has 0 saturated carbocycles. The van der Waals surface area contributed by atoms with Crippen LogP contribution in [0.15, 0.2) is 21.4 Å². The Morgan fingerprint density at radius 2 is 2.24 bits per heavy atom. The van der Waals surface area contributed by atoms with E-state index in [4.69, 9.17) is 11.6 Å². The van der Waals surface area contributed by atoms with Crippen molar-refractivity contribution in [1.29, 1.82) is 0 Å². The lowest BCUT2D eigenvalue weighted by Crippen LogP contribution is -2.35. The van der Waals surface area contributed by atoms with Gasteiger partial charge in [-0.3, -0.25) is 0 Å². The van der Waals surface area contributed by atoms with Crippen molar-refractivity contribution in [2.45, 2.75) is 11.8 Å². The van der Waals surface area contributed by atoms with Crippen LogP contribution in [0.2, 0.25) is 5.02 Å². The smallest absolute Gasteiger partial charge is 0.257 e. The number of hydrogen-bond acceptors (Lipinski definition) is 4. The summed E-state index contributed by atoms with van der Waals surface area (Å²) in [6.07, 6.45) is 0. The quantitative estimate of drug-likeness (QED) is 0.735. The molecular formula is C10H9ClN2O2S2. The Morgan fingerprint density at radius 3 is 3.00 bits per heavy atom. The summed E-state index contributed by atoms with van der Waals surface area (Å²) in [7, 11) is -3.30. The van der Waals surface area contributed by atoms with Crippen molar-refractivity contribution in [3.63, 3.8) is 0 Å². The van der Waals surface area contributed by atoms with Crippen molar-refractivity contribution in [1.82, 2.24) is 0 Å². The van der Waals surface area contributed by atoms with Gasteiger partial charge in [-0.2, -0.15) is 0 Å².